The van der Waals surface area contributed by atoms with Gasteiger partial charge in [0, 0.05) is 17.0 Å². The number of rotatable bonds is 10. The topological polar surface area (TPSA) is 98.7 Å². The van der Waals surface area contributed by atoms with Crippen LogP contribution in [-0.4, -0.2) is 62.5 Å². The zero-order valence-electron chi connectivity index (χ0n) is 22.1. The van der Waals surface area contributed by atoms with Gasteiger partial charge in [0.05, 0.1) is 29.2 Å². The molecule has 3 aliphatic rings. The highest BCUT2D eigenvalue weighted by atomic mass is 32.2. The van der Waals surface area contributed by atoms with Crippen LogP contribution in [0.5, 0.6) is 0 Å². The normalized spacial score (nSPS) is 32.5. The van der Waals surface area contributed by atoms with E-state index in [9.17, 15) is 19.5 Å². The van der Waals surface area contributed by atoms with Gasteiger partial charge < -0.3 is 20.6 Å². The summed E-state index contributed by atoms with van der Waals surface area (Å²) in [6, 6.07) is 8.14. The fraction of sp³-hybridized carbons (Fsp3) is 0.679. The van der Waals surface area contributed by atoms with E-state index in [0.717, 1.165) is 19.3 Å². The second kappa shape index (κ2) is 10.7. The van der Waals surface area contributed by atoms with Gasteiger partial charge in [-0.15, -0.1) is 11.8 Å². The summed E-state index contributed by atoms with van der Waals surface area (Å²) < 4.78 is -0.680. The van der Waals surface area contributed by atoms with Crippen molar-refractivity contribution in [2.24, 2.45) is 23.7 Å². The number of hydrogen-bond donors (Lipinski definition) is 3. The van der Waals surface area contributed by atoms with Crippen molar-refractivity contribution in [1.82, 2.24) is 10.2 Å². The first-order valence-corrected chi connectivity index (χ1v) is 14.3. The monoisotopic (exact) mass is 515 g/mol. The van der Waals surface area contributed by atoms with Crippen LogP contribution >= 0.6 is 11.8 Å². The van der Waals surface area contributed by atoms with Gasteiger partial charge in [0.2, 0.25) is 17.7 Å². The third-order valence-corrected chi connectivity index (χ3v) is 10.3. The number of para-hydroxylation sites is 1. The van der Waals surface area contributed by atoms with Crippen LogP contribution in [0.3, 0.4) is 0 Å². The molecule has 1 spiro atoms. The minimum absolute atomic E-state index is 0.0105. The molecule has 1 aromatic rings. The number of anilines is 1. The van der Waals surface area contributed by atoms with Crippen molar-refractivity contribution in [3.63, 3.8) is 0 Å². The zero-order valence-corrected chi connectivity index (χ0v) is 22.9. The number of benzene rings is 1. The van der Waals surface area contributed by atoms with Gasteiger partial charge in [0.15, 0.2) is 0 Å². The lowest BCUT2D eigenvalue weighted by Crippen LogP contribution is -2.59. The molecule has 3 N–H and O–H groups in total. The molecule has 0 aromatic heterocycles. The lowest BCUT2D eigenvalue weighted by Gasteiger charge is -2.40. The number of nitrogens with one attached hydrogen (secondary N) is 2. The first-order chi connectivity index (χ1) is 17.1. The van der Waals surface area contributed by atoms with Crippen molar-refractivity contribution >= 4 is 35.2 Å². The van der Waals surface area contributed by atoms with E-state index in [-0.39, 0.29) is 47.5 Å². The Labute approximate surface area is 219 Å². The molecule has 8 atom stereocenters. The Kier molecular flexibility index (Phi) is 8.05. The SMILES string of the molecule is CCCC(C)NC(=O)C1N([C@@H](CO)CC(C)C)C(=O)[C@@H]2[C@@H](C(=O)Nc3ccccc3)[C@H]3CC(C)C12S3. The number of aliphatic hydroxyl groups is 1. The Morgan fingerprint density at radius 1 is 1.19 bits per heavy atom. The van der Waals surface area contributed by atoms with Gasteiger partial charge in [-0.2, -0.15) is 0 Å². The molecule has 3 saturated heterocycles. The molecule has 0 aliphatic carbocycles. The van der Waals surface area contributed by atoms with Gasteiger partial charge in [-0.3, -0.25) is 14.4 Å². The number of carbonyl (C=O) groups excluding carboxylic acids is 3. The van der Waals surface area contributed by atoms with Gasteiger partial charge in [0.1, 0.15) is 6.04 Å². The molecule has 3 aliphatic heterocycles. The molecular formula is C28H41N3O4S. The van der Waals surface area contributed by atoms with E-state index < -0.39 is 28.7 Å². The molecule has 3 heterocycles. The van der Waals surface area contributed by atoms with Crippen molar-refractivity contribution in [3.8, 4) is 0 Å². The second-order valence-corrected chi connectivity index (χ2v) is 12.9. The van der Waals surface area contributed by atoms with Crippen molar-refractivity contribution in [1.29, 1.82) is 0 Å². The van der Waals surface area contributed by atoms with Crippen LogP contribution in [0.2, 0.25) is 0 Å². The molecule has 198 valence electrons. The first kappa shape index (κ1) is 27.0. The van der Waals surface area contributed by atoms with E-state index in [4.69, 9.17) is 0 Å². The number of fused-ring (bicyclic) bond motifs is 1. The van der Waals surface area contributed by atoms with Gasteiger partial charge in [-0.05, 0) is 50.2 Å². The van der Waals surface area contributed by atoms with Crippen LogP contribution in [0.1, 0.15) is 60.3 Å². The highest BCUT2D eigenvalue weighted by Crippen LogP contribution is 2.69. The number of likely N-dealkylation sites (tertiary alicyclic amines) is 1. The molecule has 4 rings (SSSR count). The lowest BCUT2D eigenvalue weighted by atomic mass is 9.65. The summed E-state index contributed by atoms with van der Waals surface area (Å²) >= 11 is 1.67. The van der Waals surface area contributed by atoms with E-state index in [2.05, 4.69) is 38.3 Å². The van der Waals surface area contributed by atoms with Crippen LogP contribution in [-0.2, 0) is 14.4 Å². The van der Waals surface area contributed by atoms with Gasteiger partial charge in [-0.25, -0.2) is 0 Å². The maximum absolute atomic E-state index is 14.2. The number of aliphatic hydroxyl groups excluding tert-OH is 1. The van der Waals surface area contributed by atoms with Crippen LogP contribution in [0.25, 0.3) is 0 Å². The molecular weight excluding hydrogens is 474 g/mol. The standard InChI is InChI=1S/C28H41N3O4S/c1-6-10-18(5)29-26(34)24-28-17(4)14-21(36-28)22(25(33)30-19-11-8-7-9-12-19)23(28)27(35)31(24)20(15-32)13-16(2)3/h7-9,11-12,16-18,20-24,32H,6,10,13-15H2,1-5H3,(H,29,34)(H,30,33)/t17?,18?,20-,21-,22+,23+,24?,28?/m1/s1. The molecule has 0 saturated carbocycles. The maximum Gasteiger partial charge on any atom is 0.244 e. The van der Waals surface area contributed by atoms with Crippen LogP contribution in [0, 0.1) is 23.7 Å². The van der Waals surface area contributed by atoms with Crippen LogP contribution in [0.15, 0.2) is 30.3 Å². The Morgan fingerprint density at radius 2 is 1.89 bits per heavy atom. The Bertz CT molecular complexity index is 973. The fourth-order valence-electron chi connectivity index (χ4n) is 6.85. The number of thioether (sulfide) groups is 1. The van der Waals surface area contributed by atoms with Crippen LogP contribution in [0.4, 0.5) is 5.69 Å². The van der Waals surface area contributed by atoms with Crippen molar-refractivity contribution in [3.05, 3.63) is 30.3 Å². The number of nitrogens with zero attached hydrogens (tertiary/aromatic N) is 1. The molecule has 3 amide bonds. The zero-order chi connectivity index (χ0) is 26.2. The lowest BCUT2D eigenvalue weighted by molar-refractivity contribution is -0.142. The van der Waals surface area contributed by atoms with Gasteiger partial charge in [-0.1, -0.05) is 52.3 Å². The number of amides is 3. The third kappa shape index (κ3) is 4.55. The molecule has 7 nitrogen and oxygen atoms in total. The summed E-state index contributed by atoms with van der Waals surface area (Å²) in [5, 5.41) is 16.6. The Hall–Kier alpha value is -2.06. The highest BCUT2D eigenvalue weighted by molar-refractivity contribution is 8.02. The highest BCUT2D eigenvalue weighted by Gasteiger charge is 2.76. The Morgan fingerprint density at radius 3 is 2.50 bits per heavy atom. The van der Waals surface area contributed by atoms with E-state index in [1.165, 1.54) is 0 Å². The van der Waals surface area contributed by atoms with Crippen molar-refractivity contribution in [2.75, 3.05) is 11.9 Å². The van der Waals surface area contributed by atoms with E-state index in [1.807, 2.05) is 37.3 Å². The molecule has 2 bridgehead atoms. The van der Waals surface area contributed by atoms with E-state index in [1.54, 1.807) is 16.7 Å². The summed E-state index contributed by atoms with van der Waals surface area (Å²) in [5.74, 6) is -1.22. The Balaban J connectivity index is 1.73. The largest absolute Gasteiger partial charge is 0.394 e. The predicted molar refractivity (Wildman–Crippen MR) is 143 cm³/mol. The minimum atomic E-state index is -0.704. The first-order valence-electron chi connectivity index (χ1n) is 13.4. The van der Waals surface area contributed by atoms with Gasteiger partial charge in [0.25, 0.3) is 0 Å². The summed E-state index contributed by atoms with van der Waals surface area (Å²) in [6.07, 6.45) is 3.19. The minimum Gasteiger partial charge on any atom is -0.394 e. The fourth-order valence-corrected chi connectivity index (χ4v) is 9.26. The second-order valence-electron chi connectivity index (χ2n) is 11.3. The summed E-state index contributed by atoms with van der Waals surface area (Å²) in [4.78, 5) is 43.5. The summed E-state index contributed by atoms with van der Waals surface area (Å²) in [7, 11) is 0. The molecule has 1 aromatic carbocycles. The average molecular weight is 516 g/mol. The van der Waals surface area contributed by atoms with Gasteiger partial charge >= 0.3 is 0 Å². The average Bonchev–Trinajstić information content (AvgIpc) is 3.41. The van der Waals surface area contributed by atoms with Crippen molar-refractivity contribution in [2.45, 2.75) is 88.4 Å². The molecule has 4 unspecified atom stereocenters. The summed E-state index contributed by atoms with van der Waals surface area (Å²) in [6.45, 7) is 10.1. The van der Waals surface area contributed by atoms with Crippen LogP contribution < -0.4 is 10.6 Å². The quantitative estimate of drug-likeness (QED) is 0.442. The predicted octanol–water partition coefficient (Wildman–Crippen LogP) is 3.67. The maximum atomic E-state index is 14.2. The van der Waals surface area contributed by atoms with Crippen molar-refractivity contribution < 1.29 is 19.5 Å². The number of carbonyl (C=O) groups is 3. The molecule has 36 heavy (non-hydrogen) atoms. The number of hydrogen-bond acceptors (Lipinski definition) is 5. The molecule has 3 fully saturated rings. The molecule has 0 radical (unpaired) electrons. The van der Waals surface area contributed by atoms with E-state index >= 15 is 0 Å². The summed E-state index contributed by atoms with van der Waals surface area (Å²) in [5.41, 5.74) is 0.704. The molecule has 8 heteroatoms. The third-order valence-electron chi connectivity index (χ3n) is 8.23. The van der Waals surface area contributed by atoms with E-state index in [0.29, 0.717) is 12.1 Å². The smallest absolute Gasteiger partial charge is 0.244 e.